The van der Waals surface area contributed by atoms with E-state index in [0.717, 1.165) is 4.90 Å². The highest BCUT2D eigenvalue weighted by atomic mass is 32.2. The van der Waals surface area contributed by atoms with Crippen molar-refractivity contribution in [1.29, 1.82) is 0 Å². The van der Waals surface area contributed by atoms with Crippen molar-refractivity contribution in [2.24, 2.45) is 0 Å². The van der Waals surface area contributed by atoms with Gasteiger partial charge in [-0.3, -0.25) is 14.5 Å². The van der Waals surface area contributed by atoms with Crippen molar-refractivity contribution in [2.45, 2.75) is 9.79 Å². The van der Waals surface area contributed by atoms with Gasteiger partial charge in [0.25, 0.3) is 5.91 Å². The van der Waals surface area contributed by atoms with Gasteiger partial charge in [-0.15, -0.1) is 0 Å². The van der Waals surface area contributed by atoms with Crippen LogP contribution in [0.25, 0.3) is 0 Å². The maximum Gasteiger partial charge on any atom is 0.323 e. The van der Waals surface area contributed by atoms with Crippen LogP contribution in [0.15, 0.2) is 58.3 Å². The number of hydrogen-bond donors (Lipinski definition) is 1. The number of anilines is 1. The number of fused-ring (bicyclic) bond motifs is 2. The van der Waals surface area contributed by atoms with Crippen molar-refractivity contribution < 1.29 is 28.6 Å². The van der Waals surface area contributed by atoms with Crippen LogP contribution in [0.1, 0.15) is 10.4 Å². The molecule has 0 radical (unpaired) electrons. The van der Waals surface area contributed by atoms with E-state index in [-0.39, 0.29) is 26.5 Å². The number of sulfone groups is 1. The molecule has 0 aromatic heterocycles. The molecule has 0 saturated heterocycles. The van der Waals surface area contributed by atoms with E-state index in [0.29, 0.717) is 0 Å². The van der Waals surface area contributed by atoms with Crippen LogP contribution in [-0.4, -0.2) is 37.4 Å². The number of aliphatic carboxylic acids is 1. The molecule has 0 bridgehead atoms. The molecule has 0 spiro atoms. The van der Waals surface area contributed by atoms with Gasteiger partial charge in [0.1, 0.15) is 6.54 Å². The Morgan fingerprint density at radius 2 is 1.57 bits per heavy atom. The average molecular weight is 335 g/mol. The molecule has 1 aliphatic rings. The number of nitrogens with zero attached hydrogens (tertiary/aromatic N) is 1. The van der Waals surface area contributed by atoms with Gasteiger partial charge in [0, 0.05) is 0 Å². The van der Waals surface area contributed by atoms with Crippen molar-refractivity contribution in [3.8, 4) is 0 Å². The van der Waals surface area contributed by atoms with E-state index in [2.05, 4.69) is 0 Å². The number of carbonyl (C=O) groups excluding carboxylic acids is 1. The van der Waals surface area contributed by atoms with Gasteiger partial charge in [-0.2, -0.15) is 0 Å². The third kappa shape index (κ3) is 2.58. The fourth-order valence-electron chi connectivity index (χ4n) is 2.45. The molecule has 8 heteroatoms. The highest BCUT2D eigenvalue weighted by molar-refractivity contribution is 7.91. The molecule has 2 aromatic rings. The number of carboxylic acids is 1. The number of hydrogen-bond acceptors (Lipinski definition) is 4. The third-order valence-corrected chi connectivity index (χ3v) is 5.25. The summed E-state index contributed by atoms with van der Waals surface area (Å²) in [4.78, 5) is 24.5. The van der Waals surface area contributed by atoms with Gasteiger partial charge >= 0.3 is 5.97 Å². The van der Waals surface area contributed by atoms with Gasteiger partial charge in [-0.05, 0) is 24.3 Å². The van der Waals surface area contributed by atoms with Crippen LogP contribution in [-0.2, 0) is 14.6 Å². The number of benzene rings is 2. The lowest BCUT2D eigenvalue weighted by molar-refractivity contribution is -0.135. The molecule has 23 heavy (non-hydrogen) atoms. The van der Waals surface area contributed by atoms with Crippen molar-refractivity contribution >= 4 is 27.4 Å². The monoisotopic (exact) mass is 335 g/mol. The van der Waals surface area contributed by atoms with Gasteiger partial charge in [0.15, 0.2) is 0 Å². The Morgan fingerprint density at radius 3 is 2.22 bits per heavy atom. The number of carboxylic acid groups (broad SMARTS) is 1. The summed E-state index contributed by atoms with van der Waals surface area (Å²) in [5, 5.41) is 9.04. The van der Waals surface area contributed by atoms with Crippen LogP contribution in [0.3, 0.4) is 0 Å². The molecule has 120 valence electrons. The summed E-state index contributed by atoms with van der Waals surface area (Å²) in [7, 11) is -3.89. The predicted octanol–water partition coefficient (Wildman–Crippen LogP) is 0.739. The number of amides is 1. The van der Waals surface area contributed by atoms with Crippen LogP contribution in [0.2, 0.25) is 0 Å². The highest BCUT2D eigenvalue weighted by Gasteiger charge is 2.35. The standard InChI is InChI=1S/C15H11NO5S.H2O/c17-14(18)9-16-11-6-2-4-8-13(11)22(20,21)12-7-3-1-5-10(12)15(16)19;/h1-8H,9H2,(H,17,18);1H2. The number of rotatable bonds is 2. The zero-order chi connectivity index (χ0) is 15.9. The Morgan fingerprint density at radius 1 is 1.00 bits per heavy atom. The van der Waals surface area contributed by atoms with E-state index in [9.17, 15) is 18.0 Å². The first-order valence-electron chi connectivity index (χ1n) is 6.40. The van der Waals surface area contributed by atoms with Crippen LogP contribution < -0.4 is 4.90 Å². The van der Waals surface area contributed by atoms with Crippen LogP contribution >= 0.6 is 0 Å². The summed E-state index contributed by atoms with van der Waals surface area (Å²) in [6, 6.07) is 11.7. The molecule has 1 heterocycles. The third-order valence-electron chi connectivity index (χ3n) is 3.39. The summed E-state index contributed by atoms with van der Waals surface area (Å²) < 4.78 is 25.5. The molecule has 7 nitrogen and oxygen atoms in total. The average Bonchev–Trinajstić information content (AvgIpc) is 2.57. The quantitative estimate of drug-likeness (QED) is 0.867. The minimum atomic E-state index is -3.89. The normalized spacial score (nSPS) is 15.0. The van der Waals surface area contributed by atoms with Gasteiger partial charge < -0.3 is 10.6 Å². The minimum absolute atomic E-state index is 0. The van der Waals surface area contributed by atoms with E-state index < -0.39 is 28.3 Å². The highest BCUT2D eigenvalue weighted by Crippen LogP contribution is 2.36. The lowest BCUT2D eigenvalue weighted by atomic mass is 10.2. The molecule has 1 amide bonds. The first-order valence-corrected chi connectivity index (χ1v) is 7.88. The van der Waals surface area contributed by atoms with E-state index in [1.807, 2.05) is 0 Å². The maximum absolute atomic E-state index is 12.8. The van der Waals surface area contributed by atoms with Gasteiger partial charge in [0.2, 0.25) is 9.84 Å². The predicted molar refractivity (Wildman–Crippen MR) is 81.3 cm³/mol. The summed E-state index contributed by atoms with van der Waals surface area (Å²) in [5.41, 5.74) is 0.0473. The molecule has 3 rings (SSSR count). The van der Waals surface area contributed by atoms with E-state index in [4.69, 9.17) is 5.11 Å². The molecular formula is C15H13NO6S. The minimum Gasteiger partial charge on any atom is -0.480 e. The lowest BCUT2D eigenvalue weighted by Crippen LogP contribution is -2.35. The maximum atomic E-state index is 12.8. The van der Waals surface area contributed by atoms with Crippen molar-refractivity contribution in [1.82, 2.24) is 0 Å². The summed E-state index contributed by atoms with van der Waals surface area (Å²) in [6.07, 6.45) is 0. The molecular weight excluding hydrogens is 322 g/mol. The van der Waals surface area contributed by atoms with Crippen molar-refractivity contribution in [3.05, 3.63) is 54.1 Å². The largest absolute Gasteiger partial charge is 0.480 e. The second-order valence-electron chi connectivity index (χ2n) is 4.75. The zero-order valence-corrected chi connectivity index (χ0v) is 12.6. The van der Waals surface area contributed by atoms with E-state index in [1.165, 1.54) is 36.4 Å². The Hall–Kier alpha value is -2.71. The second kappa shape index (κ2) is 5.82. The molecule has 0 fully saturated rings. The first-order chi connectivity index (χ1) is 10.4. The summed E-state index contributed by atoms with van der Waals surface area (Å²) in [5.74, 6) is -1.87. The summed E-state index contributed by atoms with van der Waals surface area (Å²) >= 11 is 0. The molecule has 0 saturated carbocycles. The second-order valence-corrected chi connectivity index (χ2v) is 6.64. The first kappa shape index (κ1) is 16.7. The van der Waals surface area contributed by atoms with Crippen LogP contribution in [0.4, 0.5) is 5.69 Å². The molecule has 2 aromatic carbocycles. The zero-order valence-electron chi connectivity index (χ0n) is 11.8. The molecule has 0 atom stereocenters. The van der Waals surface area contributed by atoms with Crippen molar-refractivity contribution in [3.63, 3.8) is 0 Å². The Labute approximate surface area is 132 Å². The topological polar surface area (TPSA) is 123 Å². The van der Waals surface area contributed by atoms with Crippen molar-refractivity contribution in [2.75, 3.05) is 11.4 Å². The SMILES string of the molecule is O.O=C(O)CN1C(=O)c2ccccc2S(=O)(=O)c2ccccc21. The van der Waals surface area contributed by atoms with Crippen LogP contribution in [0.5, 0.6) is 0 Å². The van der Waals surface area contributed by atoms with E-state index in [1.54, 1.807) is 12.1 Å². The van der Waals surface area contributed by atoms with Gasteiger partial charge in [-0.25, -0.2) is 8.42 Å². The summed E-state index contributed by atoms with van der Waals surface area (Å²) in [6.45, 7) is -0.611. The fraction of sp³-hybridized carbons (Fsp3) is 0.0667. The van der Waals surface area contributed by atoms with Gasteiger partial charge in [-0.1, -0.05) is 24.3 Å². The van der Waals surface area contributed by atoms with E-state index >= 15 is 0 Å². The number of para-hydroxylation sites is 1. The molecule has 0 unspecified atom stereocenters. The Kier molecular flexibility index (Phi) is 4.22. The molecule has 1 aliphatic heterocycles. The smallest absolute Gasteiger partial charge is 0.323 e. The Bertz CT molecular complexity index is 890. The molecule has 3 N–H and O–H groups in total. The van der Waals surface area contributed by atoms with Crippen LogP contribution in [0, 0.1) is 0 Å². The van der Waals surface area contributed by atoms with Gasteiger partial charge in [0.05, 0.1) is 21.0 Å². The molecule has 0 aliphatic carbocycles. The number of carbonyl (C=O) groups is 2. The fourth-order valence-corrected chi connectivity index (χ4v) is 4.10. The Balaban J connectivity index is 0.00000192. The lowest BCUT2D eigenvalue weighted by Gasteiger charge is -2.20.